The van der Waals surface area contributed by atoms with Crippen LogP contribution in [0.2, 0.25) is 5.02 Å². The molecule has 120 valence electrons. The van der Waals surface area contributed by atoms with Crippen molar-refractivity contribution in [3.8, 4) is 0 Å². The smallest absolute Gasteiger partial charge is 0.0928 e. The minimum atomic E-state index is -0.521. The van der Waals surface area contributed by atoms with Crippen LogP contribution in [0.4, 0.5) is 0 Å². The lowest BCUT2D eigenvalue weighted by Gasteiger charge is -2.13. The van der Waals surface area contributed by atoms with Crippen LogP contribution in [0, 0.1) is 0 Å². The van der Waals surface area contributed by atoms with Gasteiger partial charge in [0.15, 0.2) is 0 Å². The molecule has 0 aromatic heterocycles. The summed E-state index contributed by atoms with van der Waals surface area (Å²) in [6.07, 6.45) is 10.1. The van der Waals surface area contributed by atoms with Gasteiger partial charge in [0.05, 0.1) is 6.10 Å². The van der Waals surface area contributed by atoms with Crippen LogP contribution in [0.25, 0.3) is 0 Å². The Morgan fingerprint density at radius 3 is 2.29 bits per heavy atom. The van der Waals surface area contributed by atoms with Gasteiger partial charge < -0.3 is 10.4 Å². The lowest BCUT2D eigenvalue weighted by atomic mass is 10.1. The molecule has 0 radical (unpaired) electrons. The number of rotatable bonds is 12. The number of hydrogen-bond donors (Lipinski definition) is 2. The molecule has 0 spiro atoms. The third-order valence-corrected chi connectivity index (χ3v) is 4.15. The zero-order valence-electron chi connectivity index (χ0n) is 13.3. The van der Waals surface area contributed by atoms with E-state index in [1.54, 1.807) is 0 Å². The van der Waals surface area contributed by atoms with E-state index in [9.17, 15) is 5.11 Å². The molecule has 0 saturated heterocycles. The fourth-order valence-corrected chi connectivity index (χ4v) is 2.74. The number of benzene rings is 1. The quantitative estimate of drug-likeness (QED) is 0.526. The largest absolute Gasteiger partial charge is 0.387 e. The fraction of sp³-hybridized carbons (Fsp3) is 0.667. The van der Waals surface area contributed by atoms with Crippen molar-refractivity contribution in [3.63, 3.8) is 0 Å². The molecule has 0 saturated carbocycles. The maximum Gasteiger partial charge on any atom is 0.0928 e. The summed E-state index contributed by atoms with van der Waals surface area (Å²) < 4.78 is 0. The van der Waals surface area contributed by atoms with Crippen molar-refractivity contribution in [2.45, 2.75) is 64.4 Å². The van der Waals surface area contributed by atoms with E-state index in [-0.39, 0.29) is 0 Å². The molecule has 21 heavy (non-hydrogen) atoms. The summed E-state index contributed by atoms with van der Waals surface area (Å²) in [5.41, 5.74) is 0.808. The zero-order valence-corrected chi connectivity index (χ0v) is 14.0. The van der Waals surface area contributed by atoms with Gasteiger partial charge in [-0.15, -0.1) is 0 Å². The summed E-state index contributed by atoms with van der Waals surface area (Å²) in [7, 11) is 0. The Labute approximate surface area is 134 Å². The van der Waals surface area contributed by atoms with Gasteiger partial charge in [-0.1, -0.05) is 81.7 Å². The first kappa shape index (κ1) is 18.5. The van der Waals surface area contributed by atoms with Crippen LogP contribution in [0.3, 0.4) is 0 Å². The average Bonchev–Trinajstić information content (AvgIpc) is 2.49. The van der Waals surface area contributed by atoms with E-state index >= 15 is 0 Å². The summed E-state index contributed by atoms with van der Waals surface area (Å²) in [6, 6.07) is 7.49. The average molecular weight is 312 g/mol. The lowest BCUT2D eigenvalue weighted by Crippen LogP contribution is -2.22. The maximum absolute atomic E-state index is 10.1. The highest BCUT2D eigenvalue weighted by atomic mass is 35.5. The minimum absolute atomic E-state index is 0.521. The highest BCUT2D eigenvalue weighted by Crippen LogP contribution is 2.21. The first-order valence-electron chi connectivity index (χ1n) is 8.39. The fourth-order valence-electron chi connectivity index (χ4n) is 2.48. The third-order valence-electron chi connectivity index (χ3n) is 3.81. The third kappa shape index (κ3) is 8.45. The maximum atomic E-state index is 10.1. The summed E-state index contributed by atoms with van der Waals surface area (Å²) in [4.78, 5) is 0. The van der Waals surface area contributed by atoms with E-state index in [1.165, 1.54) is 51.4 Å². The summed E-state index contributed by atoms with van der Waals surface area (Å²) in [5, 5.41) is 14.0. The Kier molecular flexibility index (Phi) is 10.6. The predicted molar refractivity (Wildman–Crippen MR) is 91.9 cm³/mol. The molecule has 2 nitrogen and oxygen atoms in total. The van der Waals surface area contributed by atoms with Gasteiger partial charge in [-0.2, -0.15) is 0 Å². The van der Waals surface area contributed by atoms with E-state index in [0.29, 0.717) is 11.6 Å². The topological polar surface area (TPSA) is 32.3 Å². The molecule has 3 heteroatoms. The summed E-state index contributed by atoms with van der Waals surface area (Å²) >= 11 is 6.06. The molecular formula is C18H30ClNO. The lowest BCUT2D eigenvalue weighted by molar-refractivity contribution is 0.175. The zero-order chi connectivity index (χ0) is 15.3. The minimum Gasteiger partial charge on any atom is -0.387 e. The first-order valence-corrected chi connectivity index (χ1v) is 8.76. The second-order valence-corrected chi connectivity index (χ2v) is 6.12. The summed E-state index contributed by atoms with van der Waals surface area (Å²) in [6.45, 7) is 3.79. The van der Waals surface area contributed by atoms with E-state index in [1.807, 2.05) is 24.3 Å². The number of hydrogen-bond acceptors (Lipinski definition) is 2. The van der Waals surface area contributed by atoms with Crippen molar-refractivity contribution in [3.05, 3.63) is 34.9 Å². The molecule has 0 heterocycles. The van der Waals surface area contributed by atoms with Gasteiger partial charge in [0.1, 0.15) is 0 Å². The van der Waals surface area contributed by atoms with Gasteiger partial charge in [-0.3, -0.25) is 0 Å². The Balaban J connectivity index is 1.98. The van der Waals surface area contributed by atoms with Crippen LogP contribution in [0.15, 0.2) is 24.3 Å². The number of unbranched alkanes of at least 4 members (excludes halogenated alkanes) is 7. The normalized spacial score (nSPS) is 12.5. The van der Waals surface area contributed by atoms with Crippen molar-refractivity contribution in [1.29, 1.82) is 0 Å². The molecule has 1 unspecified atom stereocenters. The number of nitrogens with one attached hydrogen (secondary N) is 1. The molecule has 2 N–H and O–H groups in total. The molecule has 0 aliphatic heterocycles. The molecule has 0 amide bonds. The van der Waals surface area contributed by atoms with E-state index in [2.05, 4.69) is 12.2 Å². The molecule has 1 rings (SSSR count). The van der Waals surface area contributed by atoms with Gasteiger partial charge in [-0.25, -0.2) is 0 Å². The molecule has 1 aromatic carbocycles. The Morgan fingerprint density at radius 1 is 1.00 bits per heavy atom. The van der Waals surface area contributed by atoms with Crippen LogP contribution in [0.1, 0.15) is 70.0 Å². The van der Waals surface area contributed by atoms with Gasteiger partial charge in [0.25, 0.3) is 0 Å². The van der Waals surface area contributed by atoms with Gasteiger partial charge in [0.2, 0.25) is 0 Å². The number of aliphatic hydroxyl groups excluding tert-OH is 1. The standard InChI is InChI=1S/C18H30ClNO/c1-2-3-4-5-6-7-8-11-14-20-15-18(21)16-12-9-10-13-17(16)19/h9-10,12-13,18,20-21H,2-8,11,14-15H2,1H3. The monoisotopic (exact) mass is 311 g/mol. The van der Waals surface area contributed by atoms with E-state index in [0.717, 1.165) is 12.1 Å². The van der Waals surface area contributed by atoms with Gasteiger partial charge in [-0.05, 0) is 19.0 Å². The second-order valence-electron chi connectivity index (χ2n) is 5.72. The molecule has 0 aliphatic carbocycles. The Hall–Kier alpha value is -0.570. The van der Waals surface area contributed by atoms with Crippen molar-refractivity contribution in [2.24, 2.45) is 0 Å². The Bertz CT molecular complexity index is 370. The molecule has 1 aromatic rings. The highest BCUT2D eigenvalue weighted by Gasteiger charge is 2.09. The van der Waals surface area contributed by atoms with E-state index < -0.39 is 6.10 Å². The van der Waals surface area contributed by atoms with Crippen molar-refractivity contribution < 1.29 is 5.11 Å². The first-order chi connectivity index (χ1) is 10.3. The molecule has 0 fully saturated rings. The number of halogens is 1. The van der Waals surface area contributed by atoms with Crippen LogP contribution in [-0.2, 0) is 0 Å². The summed E-state index contributed by atoms with van der Waals surface area (Å²) in [5.74, 6) is 0. The van der Waals surface area contributed by atoms with Crippen molar-refractivity contribution in [1.82, 2.24) is 5.32 Å². The highest BCUT2D eigenvalue weighted by molar-refractivity contribution is 6.31. The van der Waals surface area contributed by atoms with Crippen molar-refractivity contribution >= 4 is 11.6 Å². The second kappa shape index (κ2) is 12.0. The SMILES string of the molecule is CCCCCCCCCCNCC(O)c1ccccc1Cl. The van der Waals surface area contributed by atoms with Crippen LogP contribution in [0.5, 0.6) is 0 Å². The molecule has 0 aliphatic rings. The Morgan fingerprint density at radius 2 is 1.62 bits per heavy atom. The number of aliphatic hydroxyl groups is 1. The molecular weight excluding hydrogens is 282 g/mol. The molecule has 0 bridgehead atoms. The van der Waals surface area contributed by atoms with Crippen LogP contribution in [-0.4, -0.2) is 18.2 Å². The van der Waals surface area contributed by atoms with Crippen LogP contribution >= 0.6 is 11.6 Å². The van der Waals surface area contributed by atoms with Gasteiger partial charge in [0, 0.05) is 17.1 Å². The van der Waals surface area contributed by atoms with Crippen molar-refractivity contribution in [2.75, 3.05) is 13.1 Å². The van der Waals surface area contributed by atoms with E-state index in [4.69, 9.17) is 11.6 Å². The molecule has 1 atom stereocenters. The van der Waals surface area contributed by atoms with Gasteiger partial charge >= 0.3 is 0 Å². The van der Waals surface area contributed by atoms with Crippen LogP contribution < -0.4 is 5.32 Å². The predicted octanol–water partition coefficient (Wildman–Crippen LogP) is 5.10.